The third-order valence-corrected chi connectivity index (χ3v) is 2.71. The van der Waals surface area contributed by atoms with Crippen LogP contribution in [0, 0.1) is 0 Å². The Hall–Kier alpha value is -2.23. The second-order valence-electron chi connectivity index (χ2n) is 3.80. The van der Waals surface area contributed by atoms with E-state index in [1.807, 2.05) is 30.6 Å². The molecule has 1 aromatic heterocycles. The summed E-state index contributed by atoms with van der Waals surface area (Å²) < 4.78 is 0. The van der Waals surface area contributed by atoms with Crippen molar-refractivity contribution in [3.05, 3.63) is 42.7 Å². The van der Waals surface area contributed by atoms with Gasteiger partial charge in [0.2, 0.25) is 0 Å². The summed E-state index contributed by atoms with van der Waals surface area (Å²) in [6, 6.07) is 9.96. The number of aliphatic imine (C=N–C) groups is 1. The maximum Gasteiger partial charge on any atom is 0.161 e. The Morgan fingerprint density at radius 2 is 1.82 bits per heavy atom. The van der Waals surface area contributed by atoms with Crippen LogP contribution in [0.3, 0.4) is 0 Å². The average Bonchev–Trinajstić information content (AvgIpc) is 2.94. The van der Waals surface area contributed by atoms with Crippen LogP contribution >= 0.6 is 0 Å². The van der Waals surface area contributed by atoms with Crippen molar-refractivity contribution >= 4 is 12.0 Å². The topological polar surface area (TPSA) is 41.4 Å². The minimum Gasteiger partial charge on any atom is -0.330 e. The fourth-order valence-electron chi connectivity index (χ4n) is 1.91. The Kier molecular flexibility index (Phi) is 2.54. The monoisotopic (exact) mass is 224 g/mol. The van der Waals surface area contributed by atoms with Gasteiger partial charge in [0.25, 0.3) is 0 Å². The number of anilines is 1. The van der Waals surface area contributed by atoms with E-state index in [9.17, 15) is 0 Å². The lowest BCUT2D eigenvalue weighted by atomic mass is 10.1. The Labute approximate surface area is 99.7 Å². The van der Waals surface area contributed by atoms with Crippen molar-refractivity contribution in [3.63, 3.8) is 0 Å². The highest BCUT2D eigenvalue weighted by Gasteiger charge is 2.14. The molecule has 4 nitrogen and oxygen atoms in total. The summed E-state index contributed by atoms with van der Waals surface area (Å²) in [6.45, 7) is 1.77. The highest BCUT2D eigenvalue weighted by Crippen LogP contribution is 2.27. The van der Waals surface area contributed by atoms with Gasteiger partial charge in [-0.3, -0.25) is 4.99 Å². The fraction of sp³-hybridized carbons (Fsp3) is 0.154. The molecule has 0 saturated heterocycles. The zero-order valence-electron chi connectivity index (χ0n) is 9.32. The molecule has 2 heterocycles. The van der Waals surface area contributed by atoms with Gasteiger partial charge in [0.15, 0.2) is 5.82 Å². The van der Waals surface area contributed by atoms with Crippen LogP contribution in [0.5, 0.6) is 0 Å². The van der Waals surface area contributed by atoms with Gasteiger partial charge in [-0.2, -0.15) is 0 Å². The van der Waals surface area contributed by atoms with E-state index in [-0.39, 0.29) is 0 Å². The van der Waals surface area contributed by atoms with Gasteiger partial charge in [-0.25, -0.2) is 9.97 Å². The van der Waals surface area contributed by atoms with Crippen LogP contribution in [0.2, 0.25) is 0 Å². The van der Waals surface area contributed by atoms with Crippen molar-refractivity contribution in [2.24, 2.45) is 4.99 Å². The molecule has 3 rings (SSSR count). The molecule has 84 valence electrons. The van der Waals surface area contributed by atoms with Gasteiger partial charge in [-0.05, 0) is 18.2 Å². The van der Waals surface area contributed by atoms with E-state index >= 15 is 0 Å². The van der Waals surface area contributed by atoms with E-state index in [4.69, 9.17) is 0 Å². The summed E-state index contributed by atoms with van der Waals surface area (Å²) >= 11 is 0. The van der Waals surface area contributed by atoms with Gasteiger partial charge < -0.3 is 4.90 Å². The van der Waals surface area contributed by atoms with Crippen molar-refractivity contribution in [3.8, 4) is 11.4 Å². The van der Waals surface area contributed by atoms with Crippen molar-refractivity contribution in [2.45, 2.75) is 0 Å². The molecule has 0 atom stereocenters. The van der Waals surface area contributed by atoms with Crippen LogP contribution in [-0.2, 0) is 0 Å². The van der Waals surface area contributed by atoms with Crippen LogP contribution in [0.1, 0.15) is 0 Å². The van der Waals surface area contributed by atoms with Gasteiger partial charge in [-0.1, -0.05) is 12.1 Å². The smallest absolute Gasteiger partial charge is 0.161 e. The summed E-state index contributed by atoms with van der Waals surface area (Å²) in [5.41, 5.74) is 2.15. The lowest BCUT2D eigenvalue weighted by molar-refractivity contribution is 1.02. The first kappa shape index (κ1) is 9.96. The molecular weight excluding hydrogens is 212 g/mol. The lowest BCUT2D eigenvalue weighted by Crippen LogP contribution is -2.19. The third kappa shape index (κ3) is 1.89. The zero-order valence-corrected chi connectivity index (χ0v) is 9.32. The van der Waals surface area contributed by atoms with Crippen LogP contribution in [-0.4, -0.2) is 29.4 Å². The van der Waals surface area contributed by atoms with Gasteiger partial charge in [0.05, 0.1) is 18.6 Å². The zero-order chi connectivity index (χ0) is 11.5. The highest BCUT2D eigenvalue weighted by atomic mass is 15.2. The molecule has 0 radical (unpaired) electrons. The fourth-order valence-corrected chi connectivity index (χ4v) is 1.91. The number of para-hydroxylation sites is 1. The Morgan fingerprint density at radius 1 is 1.00 bits per heavy atom. The highest BCUT2D eigenvalue weighted by molar-refractivity contribution is 5.88. The molecule has 17 heavy (non-hydrogen) atoms. The first-order valence-corrected chi connectivity index (χ1v) is 5.58. The van der Waals surface area contributed by atoms with Crippen molar-refractivity contribution in [1.29, 1.82) is 0 Å². The van der Waals surface area contributed by atoms with Crippen LogP contribution < -0.4 is 4.90 Å². The number of benzene rings is 1. The molecule has 0 saturated carbocycles. The minimum absolute atomic E-state index is 0.753. The van der Waals surface area contributed by atoms with Crippen molar-refractivity contribution in [1.82, 2.24) is 9.97 Å². The van der Waals surface area contributed by atoms with E-state index in [2.05, 4.69) is 25.9 Å². The molecule has 0 fully saturated rings. The largest absolute Gasteiger partial charge is 0.330 e. The Morgan fingerprint density at radius 3 is 2.59 bits per heavy atom. The van der Waals surface area contributed by atoms with E-state index in [1.165, 1.54) is 0 Å². The number of aromatic nitrogens is 2. The molecule has 0 amide bonds. The summed E-state index contributed by atoms with van der Waals surface area (Å²) in [7, 11) is 0. The molecule has 1 aliphatic heterocycles. The summed E-state index contributed by atoms with van der Waals surface area (Å²) in [5, 5.41) is 0. The standard InChI is InChI=1S/C13H12N4/c1-2-5-12(17-9-8-14-10-17)11(4-1)13-15-6-3-7-16-13/h1-7,10H,8-9H2. The lowest BCUT2D eigenvalue weighted by Gasteiger charge is -2.17. The molecule has 2 aromatic rings. The second kappa shape index (κ2) is 4.33. The van der Waals surface area contributed by atoms with Gasteiger partial charge in [0.1, 0.15) is 0 Å². The quantitative estimate of drug-likeness (QED) is 0.783. The molecule has 1 aliphatic rings. The van der Waals surface area contributed by atoms with Gasteiger partial charge in [0, 0.05) is 24.5 Å². The first-order chi connectivity index (χ1) is 8.45. The summed E-state index contributed by atoms with van der Waals surface area (Å²) in [4.78, 5) is 15.0. The number of rotatable bonds is 2. The van der Waals surface area contributed by atoms with Crippen LogP contribution in [0.4, 0.5) is 5.69 Å². The summed E-state index contributed by atoms with van der Waals surface area (Å²) in [6.07, 6.45) is 5.40. The molecule has 0 N–H and O–H groups in total. The normalized spacial score (nSPS) is 14.2. The predicted molar refractivity (Wildman–Crippen MR) is 68.2 cm³/mol. The van der Waals surface area contributed by atoms with Crippen molar-refractivity contribution < 1.29 is 0 Å². The van der Waals surface area contributed by atoms with Crippen LogP contribution in [0.15, 0.2) is 47.7 Å². The Balaban J connectivity index is 2.08. The molecule has 0 unspecified atom stereocenters. The average molecular weight is 224 g/mol. The number of nitrogens with zero attached hydrogens (tertiary/aromatic N) is 4. The predicted octanol–water partition coefficient (Wildman–Crippen LogP) is 1.99. The maximum atomic E-state index is 4.30. The molecular formula is C13H12N4. The molecule has 0 bridgehead atoms. The maximum absolute atomic E-state index is 4.30. The molecule has 4 heteroatoms. The van der Waals surface area contributed by atoms with E-state index in [0.29, 0.717) is 0 Å². The third-order valence-electron chi connectivity index (χ3n) is 2.71. The molecule has 0 aliphatic carbocycles. The number of hydrogen-bond donors (Lipinski definition) is 0. The minimum atomic E-state index is 0.753. The molecule has 0 spiro atoms. The van der Waals surface area contributed by atoms with Crippen molar-refractivity contribution in [2.75, 3.05) is 18.0 Å². The van der Waals surface area contributed by atoms with Gasteiger partial charge in [-0.15, -0.1) is 0 Å². The van der Waals surface area contributed by atoms with E-state index in [1.54, 1.807) is 12.4 Å². The first-order valence-electron chi connectivity index (χ1n) is 5.58. The van der Waals surface area contributed by atoms with Gasteiger partial charge >= 0.3 is 0 Å². The van der Waals surface area contributed by atoms with E-state index in [0.717, 1.165) is 30.2 Å². The summed E-state index contributed by atoms with van der Waals surface area (Å²) in [5.74, 6) is 0.753. The Bertz CT molecular complexity index is 536. The van der Waals surface area contributed by atoms with E-state index < -0.39 is 0 Å². The number of hydrogen-bond acceptors (Lipinski definition) is 4. The second-order valence-corrected chi connectivity index (χ2v) is 3.80. The SMILES string of the molecule is C1=NCCN1c1ccccc1-c1ncccn1. The molecule has 1 aromatic carbocycles. The van der Waals surface area contributed by atoms with Crippen LogP contribution in [0.25, 0.3) is 11.4 Å².